The molecule has 4 rings (SSSR count). The predicted octanol–water partition coefficient (Wildman–Crippen LogP) is 10.7. The topological polar surface area (TPSA) is 0 Å². The molecule has 0 heterocycles. The standard InChI is InChI=1S/2C15H20P.C5H8.Hf/c2*1-3-9-16(10-4-2)15-11-13-7-5-6-8-14(13)12-15;1-3-5-4-2;/h2*5-8,11-12H,3-4,9-10H2,1-2H3;3-5H,1H2,2H3;/q2*-1;;. The second-order valence-corrected chi connectivity index (χ2v) is 14.4. The average Bonchev–Trinajstić information content (AvgIpc) is 3.54. The predicted molar refractivity (Wildman–Crippen MR) is 178 cm³/mol. The SMILES string of the molecule is C=CC=CC.CCCP(CCC)c1cc2ccccc2[cH-]1.CCCP(CCC)c1cc2ccccc2[cH-]1.[Hf]. The molecule has 0 nitrogen and oxygen atoms in total. The first-order valence-corrected chi connectivity index (χ1v) is 17.6. The number of hydrogen-bond acceptors (Lipinski definition) is 0. The van der Waals surface area contributed by atoms with Gasteiger partial charge in [-0.2, -0.15) is 12.1 Å². The van der Waals surface area contributed by atoms with Crippen LogP contribution >= 0.6 is 15.8 Å². The fourth-order valence-corrected chi connectivity index (χ4v) is 9.52. The maximum absolute atomic E-state index is 3.46. The molecule has 0 N–H and O–H groups in total. The number of benzene rings is 2. The first kappa shape index (κ1) is 34.9. The van der Waals surface area contributed by atoms with Crippen molar-refractivity contribution in [2.24, 2.45) is 0 Å². The van der Waals surface area contributed by atoms with Crippen molar-refractivity contribution < 1.29 is 25.8 Å². The van der Waals surface area contributed by atoms with E-state index in [1.807, 2.05) is 19.1 Å². The van der Waals surface area contributed by atoms with Crippen molar-refractivity contribution in [2.45, 2.75) is 60.3 Å². The normalized spacial score (nSPS) is 10.8. The molecule has 0 radical (unpaired) electrons. The summed E-state index contributed by atoms with van der Waals surface area (Å²) in [7, 11) is 0.194. The van der Waals surface area contributed by atoms with Crippen LogP contribution < -0.4 is 10.6 Å². The summed E-state index contributed by atoms with van der Waals surface area (Å²) in [5, 5.41) is 8.88. The monoisotopic (exact) mass is 710 g/mol. The summed E-state index contributed by atoms with van der Waals surface area (Å²) in [6.45, 7) is 14.6. The summed E-state index contributed by atoms with van der Waals surface area (Å²) >= 11 is 0. The van der Waals surface area contributed by atoms with Crippen molar-refractivity contribution in [1.82, 2.24) is 0 Å². The van der Waals surface area contributed by atoms with E-state index in [0.717, 1.165) is 0 Å². The third-order valence-corrected chi connectivity index (χ3v) is 12.2. The molecule has 3 heteroatoms. The van der Waals surface area contributed by atoms with E-state index >= 15 is 0 Å². The number of rotatable bonds is 11. The van der Waals surface area contributed by atoms with E-state index in [4.69, 9.17) is 0 Å². The van der Waals surface area contributed by atoms with Crippen molar-refractivity contribution in [2.75, 3.05) is 24.6 Å². The van der Waals surface area contributed by atoms with Crippen LogP contribution in [0.4, 0.5) is 0 Å². The second-order valence-electron chi connectivity index (χ2n) is 9.42. The summed E-state index contributed by atoms with van der Waals surface area (Å²) in [5.74, 6) is 0. The van der Waals surface area contributed by atoms with Gasteiger partial charge in [0.25, 0.3) is 0 Å². The molecule has 0 fully saturated rings. The number of fused-ring (bicyclic) bond motifs is 2. The van der Waals surface area contributed by atoms with Gasteiger partial charge in [0.05, 0.1) is 0 Å². The maximum Gasteiger partial charge on any atom is 0 e. The molecule has 0 spiro atoms. The van der Waals surface area contributed by atoms with Crippen molar-refractivity contribution in [3.8, 4) is 0 Å². The van der Waals surface area contributed by atoms with Crippen molar-refractivity contribution in [1.29, 1.82) is 0 Å². The van der Waals surface area contributed by atoms with E-state index in [9.17, 15) is 0 Å². The van der Waals surface area contributed by atoms with Crippen LogP contribution in [0.2, 0.25) is 0 Å². The molecule has 0 amide bonds. The number of allylic oxidation sites excluding steroid dienone is 3. The fourth-order valence-electron chi connectivity index (χ4n) is 4.59. The quantitative estimate of drug-likeness (QED) is 0.0630. The molecule has 4 aromatic carbocycles. The van der Waals surface area contributed by atoms with E-state index in [0.29, 0.717) is 0 Å². The second kappa shape index (κ2) is 20.7. The van der Waals surface area contributed by atoms with Crippen molar-refractivity contribution in [3.63, 3.8) is 0 Å². The van der Waals surface area contributed by atoms with Gasteiger partial charge in [-0.25, -0.2) is 0 Å². The van der Waals surface area contributed by atoms with Crippen LogP contribution in [0.5, 0.6) is 0 Å². The van der Waals surface area contributed by atoms with Gasteiger partial charge in [0.2, 0.25) is 0 Å². The van der Waals surface area contributed by atoms with Gasteiger partial charge in [0, 0.05) is 25.8 Å². The number of hydrogen-bond donors (Lipinski definition) is 0. The molecule has 0 aliphatic rings. The Labute approximate surface area is 255 Å². The Kier molecular flexibility index (Phi) is 19.0. The molecule has 0 saturated heterocycles. The van der Waals surface area contributed by atoms with E-state index in [1.165, 1.54) is 71.9 Å². The summed E-state index contributed by atoms with van der Waals surface area (Å²) in [5.41, 5.74) is 0. The molecule has 0 atom stereocenters. The Morgan fingerprint density at radius 2 is 1.03 bits per heavy atom. The van der Waals surface area contributed by atoms with Crippen molar-refractivity contribution >= 4 is 48.0 Å². The zero-order chi connectivity index (χ0) is 26.9. The first-order valence-electron chi connectivity index (χ1n) is 14.2. The molecule has 4 aromatic rings. The Morgan fingerprint density at radius 1 is 0.658 bits per heavy atom. The van der Waals surface area contributed by atoms with Gasteiger partial charge in [-0.1, -0.05) is 106 Å². The third kappa shape index (κ3) is 11.5. The molecule has 38 heavy (non-hydrogen) atoms. The van der Waals surface area contributed by atoms with Crippen LogP contribution in [-0.2, 0) is 25.8 Å². The van der Waals surface area contributed by atoms with E-state index in [2.05, 4.69) is 107 Å². The van der Waals surface area contributed by atoms with Crippen LogP contribution in [0, 0.1) is 0 Å². The smallest absolute Gasteiger partial charge is 0 e. The van der Waals surface area contributed by atoms with Gasteiger partial charge in [-0.3, -0.25) is 0 Å². The Morgan fingerprint density at radius 3 is 1.29 bits per heavy atom. The van der Waals surface area contributed by atoms with Gasteiger partial charge in [-0.05, 0) is 31.6 Å². The van der Waals surface area contributed by atoms with E-state index in [1.54, 1.807) is 16.7 Å². The molecule has 0 aliphatic carbocycles. The minimum Gasteiger partial charge on any atom is -0.161 e. The maximum atomic E-state index is 3.46. The van der Waals surface area contributed by atoms with Crippen molar-refractivity contribution in [3.05, 3.63) is 97.6 Å². The van der Waals surface area contributed by atoms with Gasteiger partial charge in [-0.15, -0.1) is 80.7 Å². The van der Waals surface area contributed by atoms with Gasteiger partial charge < -0.3 is 0 Å². The summed E-state index contributed by atoms with van der Waals surface area (Å²) in [6, 6.07) is 27.1. The van der Waals surface area contributed by atoms with Gasteiger partial charge >= 0.3 is 0 Å². The molecule has 0 aromatic heterocycles. The average molecular weight is 709 g/mol. The van der Waals surface area contributed by atoms with Gasteiger partial charge in [0.1, 0.15) is 0 Å². The van der Waals surface area contributed by atoms with E-state index < -0.39 is 0 Å². The largest absolute Gasteiger partial charge is 0.161 e. The van der Waals surface area contributed by atoms with E-state index in [-0.39, 0.29) is 41.7 Å². The molecule has 0 bridgehead atoms. The van der Waals surface area contributed by atoms with Crippen LogP contribution in [0.15, 0.2) is 97.6 Å². The van der Waals surface area contributed by atoms with Gasteiger partial charge in [0.15, 0.2) is 0 Å². The molecular formula is C35H48HfP2-2. The molecule has 0 unspecified atom stereocenters. The zero-order valence-electron chi connectivity index (χ0n) is 24.4. The Balaban J connectivity index is 0.000000317. The first-order chi connectivity index (χ1) is 18.1. The molecule has 0 aliphatic heterocycles. The summed E-state index contributed by atoms with van der Waals surface area (Å²) < 4.78 is 0. The minimum absolute atomic E-state index is 0. The third-order valence-electron chi connectivity index (χ3n) is 6.24. The Bertz CT molecular complexity index is 1020. The van der Waals surface area contributed by atoms with Crippen LogP contribution in [-0.4, -0.2) is 24.6 Å². The zero-order valence-corrected chi connectivity index (χ0v) is 29.8. The fraction of sp³-hybridized carbons (Fsp3) is 0.371. The molecule has 0 saturated carbocycles. The Hall–Kier alpha value is -1.13. The van der Waals surface area contributed by atoms with Crippen LogP contribution in [0.1, 0.15) is 60.3 Å². The van der Waals surface area contributed by atoms with Crippen LogP contribution in [0.25, 0.3) is 21.5 Å². The summed E-state index contributed by atoms with van der Waals surface area (Å²) in [4.78, 5) is 0. The minimum atomic E-state index is 0. The molecule has 204 valence electrons. The molecular weight excluding hydrogens is 661 g/mol. The summed E-state index contributed by atoms with van der Waals surface area (Å²) in [6.07, 6.45) is 16.4. The van der Waals surface area contributed by atoms with Crippen LogP contribution in [0.3, 0.4) is 0 Å².